The fraction of sp³-hybridized carbons (Fsp3) is 0.357. The Labute approximate surface area is 120 Å². The molecule has 0 atom stereocenters. The minimum atomic E-state index is -0.186. The van der Waals surface area contributed by atoms with Crippen LogP contribution in [0.4, 0.5) is 0 Å². The van der Waals surface area contributed by atoms with Crippen molar-refractivity contribution in [2.75, 3.05) is 0 Å². The van der Waals surface area contributed by atoms with E-state index in [2.05, 4.69) is 40.0 Å². The van der Waals surface area contributed by atoms with Crippen molar-refractivity contribution in [3.8, 4) is 10.6 Å². The third kappa shape index (κ3) is 3.40. The minimum Gasteiger partial charge on any atom is -0.325 e. The average Bonchev–Trinajstić information content (AvgIpc) is 2.59. The molecule has 18 heavy (non-hydrogen) atoms. The highest BCUT2D eigenvalue weighted by Crippen LogP contribution is 2.30. The molecule has 0 saturated heterocycles. The summed E-state index contributed by atoms with van der Waals surface area (Å²) in [5.41, 5.74) is 8.14. The van der Waals surface area contributed by atoms with Gasteiger partial charge in [0.15, 0.2) is 0 Å². The average molecular weight is 325 g/mol. The predicted octanol–water partition coefficient (Wildman–Crippen LogP) is 4.16. The molecule has 1 aromatic carbocycles. The van der Waals surface area contributed by atoms with Gasteiger partial charge in [0, 0.05) is 26.9 Å². The highest BCUT2D eigenvalue weighted by atomic mass is 79.9. The van der Waals surface area contributed by atoms with Crippen molar-refractivity contribution in [1.29, 1.82) is 0 Å². The Morgan fingerprint density at radius 1 is 1.28 bits per heavy atom. The molecule has 1 heterocycles. The Kier molecular flexibility index (Phi) is 3.90. The molecule has 0 unspecified atom stereocenters. The van der Waals surface area contributed by atoms with Gasteiger partial charge in [-0.15, -0.1) is 11.3 Å². The third-order valence-electron chi connectivity index (χ3n) is 2.60. The molecule has 2 aromatic rings. The van der Waals surface area contributed by atoms with Crippen molar-refractivity contribution >= 4 is 27.3 Å². The quantitative estimate of drug-likeness (QED) is 0.920. The zero-order chi connectivity index (χ0) is 13.3. The zero-order valence-electron chi connectivity index (χ0n) is 10.8. The fourth-order valence-electron chi connectivity index (χ4n) is 1.72. The van der Waals surface area contributed by atoms with E-state index in [0.717, 1.165) is 27.2 Å². The van der Waals surface area contributed by atoms with Crippen LogP contribution in [0.15, 0.2) is 28.7 Å². The lowest BCUT2D eigenvalue weighted by atomic mass is 10.0. The van der Waals surface area contributed by atoms with Gasteiger partial charge in [0.05, 0.1) is 5.69 Å². The van der Waals surface area contributed by atoms with Gasteiger partial charge in [-0.3, -0.25) is 0 Å². The number of nitrogens with zero attached hydrogens (tertiary/aromatic N) is 1. The first-order valence-electron chi connectivity index (χ1n) is 5.86. The van der Waals surface area contributed by atoms with Crippen LogP contribution >= 0.6 is 27.3 Å². The number of benzene rings is 1. The number of thiazole rings is 1. The molecule has 0 fully saturated rings. The lowest BCUT2D eigenvalue weighted by Crippen LogP contribution is -2.34. The second kappa shape index (κ2) is 5.11. The molecular formula is C14H17BrN2S. The first kappa shape index (κ1) is 13.7. The van der Waals surface area contributed by atoms with Crippen LogP contribution in [0.3, 0.4) is 0 Å². The smallest absolute Gasteiger partial charge is 0.123 e. The third-order valence-corrected chi connectivity index (χ3v) is 4.34. The summed E-state index contributed by atoms with van der Waals surface area (Å²) in [5.74, 6) is 0. The SMILES string of the molecule is Cc1nc(-c2ccc(Br)cc2)sc1CC(C)(C)N. The molecule has 96 valence electrons. The van der Waals surface area contributed by atoms with E-state index in [-0.39, 0.29) is 5.54 Å². The van der Waals surface area contributed by atoms with Crippen LogP contribution in [-0.2, 0) is 6.42 Å². The Morgan fingerprint density at radius 3 is 2.44 bits per heavy atom. The van der Waals surface area contributed by atoms with Crippen LogP contribution in [0.25, 0.3) is 10.6 Å². The number of hydrogen-bond acceptors (Lipinski definition) is 3. The van der Waals surface area contributed by atoms with Gasteiger partial charge in [-0.05, 0) is 32.9 Å². The van der Waals surface area contributed by atoms with E-state index >= 15 is 0 Å². The van der Waals surface area contributed by atoms with Crippen molar-refractivity contribution in [2.45, 2.75) is 32.7 Å². The molecule has 0 radical (unpaired) electrons. The van der Waals surface area contributed by atoms with Crippen LogP contribution in [0.1, 0.15) is 24.4 Å². The van der Waals surface area contributed by atoms with Gasteiger partial charge < -0.3 is 5.73 Å². The van der Waals surface area contributed by atoms with Crippen LogP contribution < -0.4 is 5.73 Å². The summed E-state index contributed by atoms with van der Waals surface area (Å²) < 4.78 is 1.09. The summed E-state index contributed by atoms with van der Waals surface area (Å²) in [6.45, 7) is 6.15. The van der Waals surface area contributed by atoms with E-state index in [1.165, 1.54) is 4.88 Å². The van der Waals surface area contributed by atoms with E-state index < -0.39 is 0 Å². The van der Waals surface area contributed by atoms with E-state index in [4.69, 9.17) is 5.73 Å². The van der Waals surface area contributed by atoms with Crippen molar-refractivity contribution < 1.29 is 0 Å². The van der Waals surface area contributed by atoms with E-state index in [1.807, 2.05) is 26.0 Å². The molecule has 0 spiro atoms. The van der Waals surface area contributed by atoms with Gasteiger partial charge in [0.2, 0.25) is 0 Å². The van der Waals surface area contributed by atoms with Crippen LogP contribution in [-0.4, -0.2) is 10.5 Å². The van der Waals surface area contributed by atoms with Gasteiger partial charge in [-0.1, -0.05) is 28.1 Å². The Bertz CT molecular complexity index is 538. The summed E-state index contributed by atoms with van der Waals surface area (Å²) in [6, 6.07) is 8.25. The summed E-state index contributed by atoms with van der Waals surface area (Å²) in [7, 11) is 0. The van der Waals surface area contributed by atoms with Gasteiger partial charge in [0.25, 0.3) is 0 Å². The highest BCUT2D eigenvalue weighted by Gasteiger charge is 2.17. The van der Waals surface area contributed by atoms with Crippen LogP contribution in [0.5, 0.6) is 0 Å². The first-order valence-corrected chi connectivity index (χ1v) is 7.47. The molecule has 0 aliphatic carbocycles. The van der Waals surface area contributed by atoms with Crippen molar-refractivity contribution in [3.05, 3.63) is 39.3 Å². The largest absolute Gasteiger partial charge is 0.325 e. The molecule has 0 bridgehead atoms. The lowest BCUT2D eigenvalue weighted by Gasteiger charge is -2.16. The Hall–Kier alpha value is -0.710. The van der Waals surface area contributed by atoms with E-state index in [9.17, 15) is 0 Å². The van der Waals surface area contributed by atoms with E-state index in [0.29, 0.717) is 0 Å². The van der Waals surface area contributed by atoms with Gasteiger partial charge >= 0.3 is 0 Å². The van der Waals surface area contributed by atoms with Crippen molar-refractivity contribution in [3.63, 3.8) is 0 Å². The predicted molar refractivity (Wildman–Crippen MR) is 82.0 cm³/mol. The topological polar surface area (TPSA) is 38.9 Å². The lowest BCUT2D eigenvalue weighted by molar-refractivity contribution is 0.519. The second-order valence-corrected chi connectivity index (χ2v) is 7.20. The molecule has 2 N–H and O–H groups in total. The standard InChI is InChI=1S/C14H17BrN2S/c1-9-12(8-14(2,3)16)18-13(17-9)10-4-6-11(15)7-5-10/h4-7H,8,16H2,1-3H3. The number of halogens is 1. The van der Waals surface area contributed by atoms with Gasteiger partial charge in [-0.25, -0.2) is 4.98 Å². The number of nitrogens with two attached hydrogens (primary N) is 1. The molecule has 0 amide bonds. The number of hydrogen-bond donors (Lipinski definition) is 1. The molecule has 2 rings (SSSR count). The molecule has 2 nitrogen and oxygen atoms in total. The van der Waals surface area contributed by atoms with Crippen molar-refractivity contribution in [2.24, 2.45) is 5.73 Å². The summed E-state index contributed by atoms with van der Waals surface area (Å²) in [4.78, 5) is 5.92. The minimum absolute atomic E-state index is 0.186. The normalized spacial score (nSPS) is 11.8. The van der Waals surface area contributed by atoms with Crippen LogP contribution in [0.2, 0.25) is 0 Å². The first-order chi connectivity index (χ1) is 8.35. The van der Waals surface area contributed by atoms with Crippen LogP contribution in [0, 0.1) is 6.92 Å². The molecule has 1 aromatic heterocycles. The summed E-state index contributed by atoms with van der Waals surface area (Å²) in [6.07, 6.45) is 0.868. The Morgan fingerprint density at radius 2 is 1.89 bits per heavy atom. The molecule has 0 saturated carbocycles. The molecular weight excluding hydrogens is 308 g/mol. The summed E-state index contributed by atoms with van der Waals surface area (Å²) in [5, 5.41) is 1.07. The molecule has 0 aliphatic heterocycles. The van der Waals surface area contributed by atoms with Gasteiger partial charge in [-0.2, -0.15) is 0 Å². The van der Waals surface area contributed by atoms with Crippen molar-refractivity contribution in [1.82, 2.24) is 4.98 Å². The molecule has 4 heteroatoms. The maximum atomic E-state index is 6.08. The maximum absolute atomic E-state index is 6.08. The summed E-state index contributed by atoms with van der Waals surface area (Å²) >= 11 is 5.18. The Balaban J connectivity index is 2.31. The number of aromatic nitrogens is 1. The fourth-order valence-corrected chi connectivity index (χ4v) is 3.29. The molecule has 0 aliphatic rings. The highest BCUT2D eigenvalue weighted by molar-refractivity contribution is 9.10. The maximum Gasteiger partial charge on any atom is 0.123 e. The monoisotopic (exact) mass is 324 g/mol. The van der Waals surface area contributed by atoms with E-state index in [1.54, 1.807) is 11.3 Å². The number of rotatable bonds is 3. The van der Waals surface area contributed by atoms with Gasteiger partial charge in [0.1, 0.15) is 5.01 Å². The zero-order valence-corrected chi connectivity index (χ0v) is 13.2. The second-order valence-electron chi connectivity index (χ2n) is 5.20. The number of aryl methyl sites for hydroxylation is 1.